The summed E-state index contributed by atoms with van der Waals surface area (Å²) in [5.41, 5.74) is 0.670. The Morgan fingerprint density at radius 2 is 2.24 bits per heavy atom. The number of ether oxygens (including phenoxy) is 1. The lowest BCUT2D eigenvalue weighted by molar-refractivity contribution is -0.150. The highest BCUT2D eigenvalue weighted by atomic mass is 19.1. The Morgan fingerprint density at radius 1 is 1.35 bits per heavy atom. The fourth-order valence-electron chi connectivity index (χ4n) is 2.67. The topological polar surface area (TPSA) is 38.3 Å². The minimum absolute atomic E-state index is 0.00276. The third-order valence-electron chi connectivity index (χ3n) is 3.52. The number of hydrogen-bond donors (Lipinski definition) is 1. The number of carbonyl (C=O) groups excluding carboxylic acids is 1. The average Bonchev–Trinajstić information content (AvgIpc) is 2.77. The lowest BCUT2D eigenvalue weighted by atomic mass is 10.0. The highest BCUT2D eigenvalue weighted by Crippen LogP contribution is 2.35. The zero-order valence-corrected chi connectivity index (χ0v) is 9.36. The van der Waals surface area contributed by atoms with Crippen molar-refractivity contribution in [3.05, 3.63) is 35.6 Å². The maximum Gasteiger partial charge on any atom is 0.227 e. The molecule has 4 heteroatoms. The summed E-state index contributed by atoms with van der Waals surface area (Å²) >= 11 is 0. The molecule has 1 N–H and O–H groups in total. The van der Waals surface area contributed by atoms with Crippen molar-refractivity contribution >= 4 is 5.91 Å². The second kappa shape index (κ2) is 4.11. The monoisotopic (exact) mass is 235 g/mol. The number of nitrogens with one attached hydrogen (secondary N) is 1. The molecule has 90 valence electrons. The number of hydrogen-bond acceptors (Lipinski definition) is 2. The van der Waals surface area contributed by atoms with Crippen molar-refractivity contribution < 1.29 is 13.9 Å². The summed E-state index contributed by atoms with van der Waals surface area (Å²) in [5.74, 6) is -0.290. The van der Waals surface area contributed by atoms with Gasteiger partial charge < -0.3 is 10.1 Å². The minimum atomic E-state index is -0.502. The zero-order chi connectivity index (χ0) is 11.8. The van der Waals surface area contributed by atoms with Crippen LogP contribution in [0.3, 0.4) is 0 Å². The summed E-state index contributed by atoms with van der Waals surface area (Å²) in [6, 6.07) is 6.18. The second-order valence-corrected chi connectivity index (χ2v) is 4.66. The second-order valence-electron chi connectivity index (χ2n) is 4.66. The van der Waals surface area contributed by atoms with Gasteiger partial charge in [0, 0.05) is 5.56 Å². The maximum absolute atomic E-state index is 13.1. The number of rotatable bonds is 1. The van der Waals surface area contributed by atoms with Gasteiger partial charge in [0.15, 0.2) is 6.23 Å². The summed E-state index contributed by atoms with van der Waals surface area (Å²) in [6.07, 6.45) is 2.34. The van der Waals surface area contributed by atoms with Gasteiger partial charge in [0.25, 0.3) is 0 Å². The molecule has 0 radical (unpaired) electrons. The van der Waals surface area contributed by atoms with Crippen molar-refractivity contribution in [2.75, 3.05) is 0 Å². The van der Waals surface area contributed by atoms with Crippen LogP contribution in [-0.4, -0.2) is 12.0 Å². The standard InChI is InChI=1S/C13H14FNO2/c14-9-4-1-3-8(7-9)13-15-12(16)10-5-2-6-11(10)17-13/h1,3-4,7,10-11,13H,2,5-6H2,(H,15,16)/t10-,11+,13-/m1/s1. The quantitative estimate of drug-likeness (QED) is 0.809. The number of carbonyl (C=O) groups is 1. The van der Waals surface area contributed by atoms with Gasteiger partial charge in [0.1, 0.15) is 5.82 Å². The van der Waals surface area contributed by atoms with Gasteiger partial charge in [-0.2, -0.15) is 0 Å². The normalized spacial score (nSPS) is 32.1. The van der Waals surface area contributed by atoms with Crippen LogP contribution in [0, 0.1) is 11.7 Å². The zero-order valence-electron chi connectivity index (χ0n) is 9.36. The van der Waals surface area contributed by atoms with Crippen LogP contribution in [0.25, 0.3) is 0 Å². The molecule has 0 bridgehead atoms. The van der Waals surface area contributed by atoms with Crippen LogP contribution in [0.2, 0.25) is 0 Å². The molecule has 1 amide bonds. The van der Waals surface area contributed by atoms with Crippen LogP contribution in [0.4, 0.5) is 4.39 Å². The van der Waals surface area contributed by atoms with E-state index in [1.54, 1.807) is 12.1 Å². The summed E-state index contributed by atoms with van der Waals surface area (Å²) < 4.78 is 18.9. The van der Waals surface area contributed by atoms with E-state index in [0.29, 0.717) is 5.56 Å². The highest BCUT2D eigenvalue weighted by Gasteiger charge is 2.40. The third-order valence-corrected chi connectivity index (χ3v) is 3.52. The molecule has 17 heavy (non-hydrogen) atoms. The van der Waals surface area contributed by atoms with Crippen LogP contribution in [0.1, 0.15) is 31.1 Å². The van der Waals surface area contributed by atoms with E-state index in [0.717, 1.165) is 19.3 Å². The molecule has 1 aliphatic carbocycles. The first-order chi connectivity index (χ1) is 8.24. The average molecular weight is 235 g/mol. The van der Waals surface area contributed by atoms with Crippen LogP contribution in [0.5, 0.6) is 0 Å². The van der Waals surface area contributed by atoms with E-state index in [-0.39, 0.29) is 23.7 Å². The number of amides is 1. The molecule has 2 fully saturated rings. The van der Waals surface area contributed by atoms with Gasteiger partial charge in [-0.15, -0.1) is 0 Å². The predicted octanol–water partition coefficient (Wildman–Crippen LogP) is 2.14. The van der Waals surface area contributed by atoms with Gasteiger partial charge in [-0.05, 0) is 31.4 Å². The van der Waals surface area contributed by atoms with Gasteiger partial charge >= 0.3 is 0 Å². The molecule has 1 saturated heterocycles. The SMILES string of the molecule is O=C1N[C@@H](c2cccc(F)c2)O[C@H]2CCC[C@@H]12. The van der Waals surface area contributed by atoms with E-state index in [1.807, 2.05) is 0 Å². The van der Waals surface area contributed by atoms with E-state index in [4.69, 9.17) is 4.74 Å². The predicted molar refractivity (Wildman–Crippen MR) is 59.5 cm³/mol. The Kier molecular flexibility index (Phi) is 2.59. The molecule has 3 nitrogen and oxygen atoms in total. The van der Waals surface area contributed by atoms with Crippen LogP contribution in [0.15, 0.2) is 24.3 Å². The van der Waals surface area contributed by atoms with Crippen LogP contribution in [-0.2, 0) is 9.53 Å². The van der Waals surface area contributed by atoms with Gasteiger partial charge in [0.2, 0.25) is 5.91 Å². The smallest absolute Gasteiger partial charge is 0.227 e. The van der Waals surface area contributed by atoms with Crippen LogP contribution >= 0.6 is 0 Å². The largest absolute Gasteiger partial charge is 0.350 e. The first-order valence-electron chi connectivity index (χ1n) is 5.95. The molecule has 3 rings (SSSR count). The fourth-order valence-corrected chi connectivity index (χ4v) is 2.67. The minimum Gasteiger partial charge on any atom is -0.350 e. The van der Waals surface area contributed by atoms with Crippen molar-refractivity contribution in [3.63, 3.8) is 0 Å². The third kappa shape index (κ3) is 1.93. The van der Waals surface area contributed by atoms with Gasteiger partial charge in [-0.3, -0.25) is 4.79 Å². The molecule has 1 saturated carbocycles. The molecule has 0 spiro atoms. The van der Waals surface area contributed by atoms with Gasteiger partial charge in [-0.1, -0.05) is 12.1 Å². The highest BCUT2D eigenvalue weighted by molar-refractivity contribution is 5.80. The molecule has 1 aliphatic heterocycles. The summed E-state index contributed by atoms with van der Waals surface area (Å²) in [4.78, 5) is 11.9. The summed E-state index contributed by atoms with van der Waals surface area (Å²) in [6.45, 7) is 0. The maximum atomic E-state index is 13.1. The van der Waals surface area contributed by atoms with E-state index in [9.17, 15) is 9.18 Å². The van der Waals surface area contributed by atoms with Crippen LogP contribution < -0.4 is 5.32 Å². The van der Waals surface area contributed by atoms with Crippen molar-refractivity contribution in [1.82, 2.24) is 5.32 Å². The van der Waals surface area contributed by atoms with Gasteiger partial charge in [-0.25, -0.2) is 4.39 Å². The molecule has 3 atom stereocenters. The lowest BCUT2D eigenvalue weighted by Crippen LogP contribution is -2.46. The molecule has 0 unspecified atom stereocenters. The molecule has 0 aromatic heterocycles. The Morgan fingerprint density at radius 3 is 3.06 bits per heavy atom. The van der Waals surface area contributed by atoms with Crippen molar-refractivity contribution in [2.24, 2.45) is 5.92 Å². The fraction of sp³-hybridized carbons (Fsp3) is 0.462. The lowest BCUT2D eigenvalue weighted by Gasteiger charge is -2.33. The number of fused-ring (bicyclic) bond motifs is 1. The van der Waals surface area contributed by atoms with E-state index in [1.165, 1.54) is 12.1 Å². The van der Waals surface area contributed by atoms with Crippen molar-refractivity contribution in [1.29, 1.82) is 0 Å². The molecular formula is C13H14FNO2. The number of halogens is 1. The van der Waals surface area contributed by atoms with Crippen molar-refractivity contribution in [3.8, 4) is 0 Å². The summed E-state index contributed by atoms with van der Waals surface area (Å²) in [7, 11) is 0. The molecule has 2 aliphatic rings. The summed E-state index contributed by atoms with van der Waals surface area (Å²) in [5, 5.41) is 2.80. The molecule has 1 heterocycles. The number of benzene rings is 1. The molecule has 1 aromatic carbocycles. The first kappa shape index (κ1) is 10.7. The van der Waals surface area contributed by atoms with E-state index in [2.05, 4.69) is 5.32 Å². The Bertz CT molecular complexity index is 449. The Labute approximate surface area is 99.0 Å². The van der Waals surface area contributed by atoms with E-state index < -0.39 is 6.23 Å². The van der Waals surface area contributed by atoms with E-state index >= 15 is 0 Å². The molecule has 1 aromatic rings. The molecular weight excluding hydrogens is 221 g/mol. The van der Waals surface area contributed by atoms with Crippen molar-refractivity contribution in [2.45, 2.75) is 31.6 Å². The first-order valence-corrected chi connectivity index (χ1v) is 5.95. The Hall–Kier alpha value is -1.42. The Balaban J connectivity index is 1.83. The van der Waals surface area contributed by atoms with Gasteiger partial charge in [0.05, 0.1) is 12.0 Å².